The number of aryl methyl sites for hydroxylation is 2. The molecule has 0 aromatic carbocycles. The van der Waals surface area contributed by atoms with Gasteiger partial charge in [0.2, 0.25) is 0 Å². The second-order valence-corrected chi connectivity index (χ2v) is 7.86. The van der Waals surface area contributed by atoms with Crippen LogP contribution >= 0.6 is 27.3 Å². The number of nitrogens with zero attached hydrogens (tertiary/aromatic N) is 2. The summed E-state index contributed by atoms with van der Waals surface area (Å²) in [5, 5.41) is 0. The van der Waals surface area contributed by atoms with E-state index >= 15 is 0 Å². The van der Waals surface area contributed by atoms with Gasteiger partial charge in [0.15, 0.2) is 4.96 Å². The van der Waals surface area contributed by atoms with E-state index in [2.05, 4.69) is 34.2 Å². The fourth-order valence-electron chi connectivity index (χ4n) is 3.94. The minimum Gasteiger partial charge on any atom is -0.281 e. The Balaban J connectivity index is 1.84. The van der Waals surface area contributed by atoms with Crippen LogP contribution < -0.4 is 0 Å². The second kappa shape index (κ2) is 3.83. The summed E-state index contributed by atoms with van der Waals surface area (Å²) in [6.45, 7) is 4.37. The summed E-state index contributed by atoms with van der Waals surface area (Å²) < 4.78 is 3.51. The maximum atomic E-state index is 4.93. The van der Waals surface area contributed by atoms with Gasteiger partial charge in [-0.15, -0.1) is 11.3 Å². The highest BCUT2D eigenvalue weighted by molar-refractivity contribution is 9.10. The Labute approximate surface area is 120 Å². The van der Waals surface area contributed by atoms with Gasteiger partial charge >= 0.3 is 0 Å². The molecular weight excluding hydrogens is 308 g/mol. The van der Waals surface area contributed by atoms with Gasteiger partial charge in [-0.05, 0) is 60.9 Å². The largest absolute Gasteiger partial charge is 0.281 e. The summed E-state index contributed by atoms with van der Waals surface area (Å²) in [4.78, 5) is 7.46. The van der Waals surface area contributed by atoms with Crippen molar-refractivity contribution in [3.05, 3.63) is 20.9 Å². The van der Waals surface area contributed by atoms with Crippen molar-refractivity contribution in [1.82, 2.24) is 9.38 Å². The number of aromatic nitrogens is 2. The molecule has 3 unspecified atom stereocenters. The van der Waals surface area contributed by atoms with Gasteiger partial charge in [0.1, 0.15) is 4.60 Å². The molecule has 2 aromatic heterocycles. The monoisotopic (exact) mass is 324 g/mol. The maximum absolute atomic E-state index is 4.93. The van der Waals surface area contributed by atoms with Gasteiger partial charge < -0.3 is 0 Å². The molecular formula is C14H17BrN2S. The average Bonchev–Trinajstić information content (AvgIpc) is 3.05. The van der Waals surface area contributed by atoms with E-state index in [1.807, 2.05) is 11.3 Å². The zero-order chi connectivity index (χ0) is 12.4. The molecule has 0 amide bonds. The number of rotatable bonds is 1. The van der Waals surface area contributed by atoms with Crippen LogP contribution in [0.4, 0.5) is 0 Å². The Morgan fingerprint density at radius 3 is 2.72 bits per heavy atom. The first-order chi connectivity index (χ1) is 8.65. The van der Waals surface area contributed by atoms with Gasteiger partial charge in [0, 0.05) is 16.5 Å². The first-order valence-electron chi connectivity index (χ1n) is 6.79. The van der Waals surface area contributed by atoms with Gasteiger partial charge in [-0.25, -0.2) is 4.98 Å². The Hall–Kier alpha value is -0.350. The number of thiazole rings is 1. The Kier molecular flexibility index (Phi) is 2.44. The van der Waals surface area contributed by atoms with Crippen molar-refractivity contribution >= 4 is 32.2 Å². The lowest BCUT2D eigenvalue weighted by molar-refractivity contribution is 0.413. The molecule has 0 aliphatic heterocycles. The molecule has 18 heavy (non-hydrogen) atoms. The molecule has 2 aliphatic carbocycles. The number of hydrogen-bond acceptors (Lipinski definition) is 2. The van der Waals surface area contributed by atoms with Crippen LogP contribution in [-0.4, -0.2) is 9.38 Å². The van der Waals surface area contributed by atoms with E-state index in [9.17, 15) is 0 Å². The highest BCUT2D eigenvalue weighted by Crippen LogP contribution is 2.54. The van der Waals surface area contributed by atoms with Crippen LogP contribution in [0.15, 0.2) is 4.60 Å². The minimum absolute atomic E-state index is 0.713. The molecule has 2 heterocycles. The van der Waals surface area contributed by atoms with Gasteiger partial charge in [-0.2, -0.15) is 0 Å². The van der Waals surface area contributed by atoms with E-state index in [4.69, 9.17) is 4.98 Å². The fourth-order valence-corrected chi connectivity index (χ4v) is 5.85. The van der Waals surface area contributed by atoms with Crippen LogP contribution in [0.1, 0.15) is 47.9 Å². The fraction of sp³-hybridized carbons (Fsp3) is 0.643. The van der Waals surface area contributed by atoms with Crippen molar-refractivity contribution in [3.63, 3.8) is 0 Å². The predicted molar refractivity (Wildman–Crippen MR) is 78.4 cm³/mol. The molecule has 0 N–H and O–H groups in total. The van der Waals surface area contributed by atoms with Crippen molar-refractivity contribution in [2.45, 2.75) is 45.4 Å². The average molecular weight is 325 g/mol. The highest BCUT2D eigenvalue weighted by Gasteiger charge is 2.42. The topological polar surface area (TPSA) is 17.3 Å². The second-order valence-electron chi connectivity index (χ2n) is 5.93. The molecule has 2 saturated carbocycles. The molecule has 0 spiro atoms. The van der Waals surface area contributed by atoms with E-state index in [1.54, 1.807) is 0 Å². The zero-order valence-corrected chi connectivity index (χ0v) is 13.1. The molecule has 2 aromatic rings. The molecule has 96 valence electrons. The van der Waals surface area contributed by atoms with Crippen molar-refractivity contribution in [2.75, 3.05) is 0 Å². The van der Waals surface area contributed by atoms with E-state index in [-0.39, 0.29) is 0 Å². The quantitative estimate of drug-likeness (QED) is 0.744. The summed E-state index contributed by atoms with van der Waals surface area (Å²) in [5.41, 5.74) is 2.67. The van der Waals surface area contributed by atoms with E-state index in [0.29, 0.717) is 5.92 Å². The molecule has 2 bridgehead atoms. The third-order valence-corrected chi connectivity index (χ3v) is 6.81. The third kappa shape index (κ3) is 1.42. The molecule has 0 radical (unpaired) electrons. The van der Waals surface area contributed by atoms with Crippen molar-refractivity contribution in [3.8, 4) is 0 Å². The Morgan fingerprint density at radius 2 is 2.11 bits per heavy atom. The lowest BCUT2D eigenvalue weighted by Gasteiger charge is -2.20. The number of imidazole rings is 1. The van der Waals surface area contributed by atoms with Crippen molar-refractivity contribution in [2.24, 2.45) is 11.8 Å². The summed E-state index contributed by atoms with van der Waals surface area (Å²) in [6.07, 6.45) is 5.69. The molecule has 2 nitrogen and oxygen atoms in total. The summed E-state index contributed by atoms with van der Waals surface area (Å²) >= 11 is 5.62. The number of fused-ring (bicyclic) bond motifs is 3. The van der Waals surface area contributed by atoms with Crippen LogP contribution in [0.25, 0.3) is 4.96 Å². The zero-order valence-electron chi connectivity index (χ0n) is 10.7. The minimum atomic E-state index is 0.713. The highest BCUT2D eigenvalue weighted by atomic mass is 79.9. The first kappa shape index (κ1) is 11.5. The molecule has 3 atom stereocenters. The van der Waals surface area contributed by atoms with Gasteiger partial charge in [0.05, 0.1) is 5.69 Å². The lowest BCUT2D eigenvalue weighted by Crippen LogP contribution is -2.09. The van der Waals surface area contributed by atoms with Crippen LogP contribution in [0.2, 0.25) is 0 Å². The number of halogens is 1. The van der Waals surface area contributed by atoms with Crippen LogP contribution in [0.3, 0.4) is 0 Å². The molecule has 2 fully saturated rings. The van der Waals surface area contributed by atoms with Crippen LogP contribution in [0, 0.1) is 25.7 Å². The normalized spacial score (nSPS) is 30.7. The SMILES string of the molecule is Cc1sc2nc(C3CC4CCC3C4)c(Br)n2c1C. The van der Waals surface area contributed by atoms with Crippen LogP contribution in [0.5, 0.6) is 0 Å². The molecule has 0 saturated heterocycles. The summed E-state index contributed by atoms with van der Waals surface area (Å²) in [5.74, 6) is 2.59. The molecule has 4 heteroatoms. The van der Waals surface area contributed by atoms with Gasteiger partial charge in [-0.1, -0.05) is 6.42 Å². The molecule has 2 aliphatic rings. The lowest BCUT2D eigenvalue weighted by atomic mass is 9.87. The van der Waals surface area contributed by atoms with E-state index in [1.165, 1.54) is 46.6 Å². The Bertz CT molecular complexity index is 627. The van der Waals surface area contributed by atoms with E-state index in [0.717, 1.165) is 16.8 Å². The number of hydrogen-bond donors (Lipinski definition) is 0. The van der Waals surface area contributed by atoms with E-state index < -0.39 is 0 Å². The van der Waals surface area contributed by atoms with Crippen LogP contribution in [-0.2, 0) is 0 Å². The standard InChI is InChI=1S/C14H17BrN2S/c1-7-8(2)18-14-16-12(13(15)17(7)14)11-6-9-3-4-10(11)5-9/h9-11H,3-6H2,1-2H3. The first-order valence-corrected chi connectivity index (χ1v) is 8.40. The summed E-state index contributed by atoms with van der Waals surface area (Å²) in [7, 11) is 0. The van der Waals surface area contributed by atoms with Gasteiger partial charge in [-0.3, -0.25) is 4.40 Å². The third-order valence-electron chi connectivity index (χ3n) is 4.99. The smallest absolute Gasteiger partial charge is 0.195 e. The van der Waals surface area contributed by atoms with Crippen molar-refractivity contribution in [1.29, 1.82) is 0 Å². The molecule has 4 rings (SSSR count). The maximum Gasteiger partial charge on any atom is 0.195 e. The predicted octanol–water partition coefficient (Wildman–Crippen LogP) is 4.68. The van der Waals surface area contributed by atoms with Crippen molar-refractivity contribution < 1.29 is 0 Å². The van der Waals surface area contributed by atoms with Gasteiger partial charge in [0.25, 0.3) is 0 Å². The summed E-state index contributed by atoms with van der Waals surface area (Å²) in [6, 6.07) is 0. The Morgan fingerprint density at radius 1 is 1.28 bits per heavy atom.